The van der Waals surface area contributed by atoms with Crippen molar-refractivity contribution in [2.45, 2.75) is 50.1 Å². The lowest BCUT2D eigenvalue weighted by Crippen LogP contribution is -2.26. The largest absolute Gasteiger partial charge is 0.353 e. The van der Waals surface area contributed by atoms with Crippen LogP contribution in [0.15, 0.2) is 59.5 Å². The number of ether oxygens (including phenoxy) is 2. The quantitative estimate of drug-likeness (QED) is 0.390. The molecule has 0 radical (unpaired) electrons. The average Bonchev–Trinajstić information content (AvgIpc) is 3.27. The topological polar surface area (TPSA) is 99.0 Å². The van der Waals surface area contributed by atoms with Gasteiger partial charge in [0.05, 0.1) is 16.4 Å². The zero-order valence-electron chi connectivity index (χ0n) is 18.0. The Kier molecular flexibility index (Phi) is 5.88. The van der Waals surface area contributed by atoms with Crippen LogP contribution in [0.3, 0.4) is 0 Å². The summed E-state index contributed by atoms with van der Waals surface area (Å²) in [5.41, 5.74) is 2.74. The van der Waals surface area contributed by atoms with E-state index >= 15 is 0 Å². The van der Waals surface area contributed by atoms with Crippen LogP contribution in [0.2, 0.25) is 0 Å². The Balaban J connectivity index is 1.46. The van der Waals surface area contributed by atoms with Crippen LogP contribution in [0.4, 0.5) is 5.69 Å². The van der Waals surface area contributed by atoms with Crippen LogP contribution in [0.5, 0.6) is 0 Å². The van der Waals surface area contributed by atoms with Crippen molar-refractivity contribution in [3.63, 3.8) is 0 Å². The van der Waals surface area contributed by atoms with Gasteiger partial charge in [-0.05, 0) is 64.9 Å². The second kappa shape index (κ2) is 8.83. The van der Waals surface area contributed by atoms with E-state index in [0.29, 0.717) is 13.2 Å². The molecule has 0 N–H and O–H groups in total. The summed E-state index contributed by atoms with van der Waals surface area (Å²) in [7, 11) is -3.82. The summed E-state index contributed by atoms with van der Waals surface area (Å²) >= 11 is 0. The first-order chi connectivity index (χ1) is 15.9. The summed E-state index contributed by atoms with van der Waals surface area (Å²) in [6.45, 7) is 1.51. The van der Waals surface area contributed by atoms with E-state index in [-0.39, 0.29) is 30.0 Å². The van der Waals surface area contributed by atoms with Crippen molar-refractivity contribution in [2.75, 3.05) is 6.61 Å². The Morgan fingerprint density at radius 2 is 1.88 bits per heavy atom. The Bertz CT molecular complexity index is 1300. The molecule has 1 atom stereocenters. The third-order valence-electron chi connectivity index (χ3n) is 6.29. The second-order valence-corrected chi connectivity index (χ2v) is 10.3. The van der Waals surface area contributed by atoms with E-state index in [1.54, 1.807) is 0 Å². The number of fused-ring (bicyclic) bond motifs is 2. The molecule has 2 aliphatic rings. The summed E-state index contributed by atoms with van der Waals surface area (Å²) in [5, 5.41) is 13.0. The second-order valence-electron chi connectivity index (χ2n) is 8.35. The van der Waals surface area contributed by atoms with Gasteiger partial charge in [0.15, 0.2) is 6.29 Å². The minimum Gasteiger partial charge on any atom is -0.353 e. The molecule has 33 heavy (non-hydrogen) atoms. The van der Waals surface area contributed by atoms with Gasteiger partial charge in [0.2, 0.25) is 10.0 Å². The Hall–Kier alpha value is -2.85. The predicted molar refractivity (Wildman–Crippen MR) is 122 cm³/mol. The Morgan fingerprint density at radius 1 is 1.09 bits per heavy atom. The summed E-state index contributed by atoms with van der Waals surface area (Å²) in [6.07, 6.45) is 2.72. The highest BCUT2D eigenvalue weighted by Crippen LogP contribution is 2.36. The van der Waals surface area contributed by atoms with Crippen LogP contribution >= 0.6 is 0 Å². The number of hydrogen-bond acceptors (Lipinski definition) is 6. The maximum atomic E-state index is 13.3. The molecule has 2 aliphatic heterocycles. The van der Waals surface area contributed by atoms with Gasteiger partial charge in [-0.1, -0.05) is 24.3 Å². The SMILES string of the molecule is O=[N+]([O-])c1ccc(S(=O)(=O)N2Cc3cc4ccccc4c(COC4CCCCO4)c3C2)cc1. The molecule has 0 amide bonds. The van der Waals surface area contributed by atoms with Crippen molar-refractivity contribution in [1.29, 1.82) is 0 Å². The summed E-state index contributed by atoms with van der Waals surface area (Å²) < 4.78 is 39.8. The molecular formula is C24H24N2O6S. The van der Waals surface area contributed by atoms with Crippen molar-refractivity contribution in [3.05, 3.63) is 81.4 Å². The molecule has 0 spiro atoms. The molecule has 3 aromatic rings. The van der Waals surface area contributed by atoms with Gasteiger partial charge in [0, 0.05) is 31.8 Å². The van der Waals surface area contributed by atoms with Crippen LogP contribution in [0, 0.1) is 10.1 Å². The fourth-order valence-corrected chi connectivity index (χ4v) is 5.92. The zero-order chi connectivity index (χ0) is 23.0. The molecule has 0 saturated carbocycles. The van der Waals surface area contributed by atoms with Gasteiger partial charge in [-0.3, -0.25) is 10.1 Å². The first kappa shape index (κ1) is 22.0. The third kappa shape index (κ3) is 4.24. The lowest BCUT2D eigenvalue weighted by atomic mass is 9.96. The Labute approximate surface area is 191 Å². The average molecular weight is 469 g/mol. The molecule has 0 bridgehead atoms. The van der Waals surface area contributed by atoms with Crippen molar-refractivity contribution >= 4 is 26.5 Å². The van der Waals surface area contributed by atoms with Crippen molar-refractivity contribution < 1.29 is 22.8 Å². The van der Waals surface area contributed by atoms with E-state index in [1.807, 2.05) is 30.3 Å². The molecule has 8 nitrogen and oxygen atoms in total. The summed E-state index contributed by atoms with van der Waals surface area (Å²) in [5.74, 6) is 0. The maximum absolute atomic E-state index is 13.3. The van der Waals surface area contributed by atoms with E-state index in [0.717, 1.165) is 46.7 Å². The predicted octanol–water partition coefficient (Wildman–Crippen LogP) is 4.50. The number of nitrogens with zero attached hydrogens (tertiary/aromatic N) is 2. The molecule has 5 rings (SSSR count). The number of non-ortho nitro benzene ring substituents is 1. The fraction of sp³-hybridized carbons (Fsp3) is 0.333. The lowest BCUT2D eigenvalue weighted by Gasteiger charge is -2.23. The molecule has 0 aliphatic carbocycles. The van der Waals surface area contributed by atoms with Gasteiger partial charge >= 0.3 is 0 Å². The van der Waals surface area contributed by atoms with Crippen LogP contribution < -0.4 is 0 Å². The van der Waals surface area contributed by atoms with E-state index in [4.69, 9.17) is 9.47 Å². The van der Waals surface area contributed by atoms with Gasteiger partial charge < -0.3 is 9.47 Å². The zero-order valence-corrected chi connectivity index (χ0v) is 18.8. The first-order valence-corrected chi connectivity index (χ1v) is 12.4. The summed E-state index contributed by atoms with van der Waals surface area (Å²) in [4.78, 5) is 10.4. The molecule has 1 saturated heterocycles. The summed E-state index contributed by atoms with van der Waals surface area (Å²) in [6, 6.07) is 15.0. The number of sulfonamides is 1. The minimum atomic E-state index is -3.82. The molecule has 2 heterocycles. The number of benzene rings is 3. The minimum absolute atomic E-state index is 0.0406. The number of nitro groups is 1. The van der Waals surface area contributed by atoms with Crippen molar-refractivity contribution in [3.8, 4) is 0 Å². The van der Waals surface area contributed by atoms with Crippen LogP contribution in [0.25, 0.3) is 10.8 Å². The van der Waals surface area contributed by atoms with Crippen molar-refractivity contribution in [1.82, 2.24) is 4.31 Å². The van der Waals surface area contributed by atoms with Gasteiger partial charge in [0.25, 0.3) is 5.69 Å². The highest BCUT2D eigenvalue weighted by molar-refractivity contribution is 7.89. The molecule has 1 unspecified atom stereocenters. The van der Waals surface area contributed by atoms with Crippen LogP contribution in [-0.4, -0.2) is 30.5 Å². The van der Waals surface area contributed by atoms with Gasteiger partial charge in [-0.25, -0.2) is 8.42 Å². The molecule has 0 aromatic heterocycles. The van der Waals surface area contributed by atoms with Crippen molar-refractivity contribution in [2.24, 2.45) is 0 Å². The van der Waals surface area contributed by atoms with Crippen LogP contribution in [0.1, 0.15) is 36.0 Å². The lowest BCUT2D eigenvalue weighted by molar-refractivity contribution is -0.384. The number of hydrogen-bond donors (Lipinski definition) is 0. The normalized spacial score (nSPS) is 19.0. The monoisotopic (exact) mass is 468 g/mol. The first-order valence-electron chi connectivity index (χ1n) is 10.9. The van der Waals surface area contributed by atoms with E-state index < -0.39 is 14.9 Å². The Morgan fingerprint density at radius 3 is 2.61 bits per heavy atom. The molecule has 9 heteroatoms. The van der Waals surface area contributed by atoms with Gasteiger partial charge in [-0.2, -0.15) is 4.31 Å². The highest BCUT2D eigenvalue weighted by Gasteiger charge is 2.33. The molecule has 1 fully saturated rings. The fourth-order valence-electron chi connectivity index (χ4n) is 4.53. The van der Waals surface area contributed by atoms with Gasteiger partial charge in [0.1, 0.15) is 0 Å². The highest BCUT2D eigenvalue weighted by atomic mass is 32.2. The molecule has 172 valence electrons. The molecule has 3 aromatic carbocycles. The smallest absolute Gasteiger partial charge is 0.269 e. The maximum Gasteiger partial charge on any atom is 0.269 e. The van der Waals surface area contributed by atoms with E-state index in [2.05, 4.69) is 0 Å². The third-order valence-corrected chi connectivity index (χ3v) is 8.09. The molecular weight excluding hydrogens is 444 g/mol. The van der Waals surface area contributed by atoms with Crippen LogP contribution in [-0.2, 0) is 39.2 Å². The van der Waals surface area contributed by atoms with E-state index in [9.17, 15) is 18.5 Å². The van der Waals surface area contributed by atoms with E-state index in [1.165, 1.54) is 28.6 Å². The number of rotatable bonds is 6. The number of nitro benzene ring substituents is 1. The van der Waals surface area contributed by atoms with Gasteiger partial charge in [-0.15, -0.1) is 0 Å². The standard InChI is InChI=1S/C24H24N2O6S/c27-26(28)19-8-10-20(11-9-19)33(29,30)25-14-18-13-17-5-1-2-6-21(17)23(22(18)15-25)16-32-24-7-3-4-12-31-24/h1-2,5-6,8-11,13,24H,3-4,7,12,14-16H2.